The summed E-state index contributed by atoms with van der Waals surface area (Å²) in [6.45, 7) is 8.92. The van der Waals surface area contributed by atoms with Gasteiger partial charge < -0.3 is 11.1 Å². The highest BCUT2D eigenvalue weighted by Gasteiger charge is 2.33. The summed E-state index contributed by atoms with van der Waals surface area (Å²) in [5.74, 6) is 0.0560. The van der Waals surface area contributed by atoms with Gasteiger partial charge >= 0.3 is 0 Å². The molecule has 0 fully saturated rings. The lowest BCUT2D eigenvalue weighted by atomic mass is 9.81. The van der Waals surface area contributed by atoms with E-state index in [2.05, 4.69) is 10.3 Å². The zero-order valence-corrected chi connectivity index (χ0v) is 14.9. The fraction of sp³-hybridized carbons (Fsp3) is 0.692. The molecule has 0 spiro atoms. The Morgan fingerprint density at radius 3 is 2.20 bits per heavy atom. The van der Waals surface area contributed by atoms with Crippen LogP contribution in [-0.4, -0.2) is 17.4 Å². The van der Waals surface area contributed by atoms with Gasteiger partial charge in [-0.25, -0.2) is 4.98 Å². The number of hydrogen-bond donors (Lipinski definition) is 2. The van der Waals surface area contributed by atoms with Crippen molar-refractivity contribution in [1.29, 1.82) is 0 Å². The normalized spacial score (nSPS) is 10.4. The van der Waals surface area contributed by atoms with Gasteiger partial charge in [0.1, 0.15) is 0 Å². The van der Waals surface area contributed by atoms with Gasteiger partial charge in [-0.3, -0.25) is 4.79 Å². The average molecular weight is 342 g/mol. The van der Waals surface area contributed by atoms with Crippen molar-refractivity contribution in [3.05, 3.63) is 15.6 Å². The van der Waals surface area contributed by atoms with Crippen LogP contribution in [0.3, 0.4) is 0 Å². The molecule has 1 amide bonds. The van der Waals surface area contributed by atoms with Crippen LogP contribution in [0.4, 0.5) is 0 Å². The van der Waals surface area contributed by atoms with Crippen molar-refractivity contribution in [3.63, 3.8) is 0 Å². The van der Waals surface area contributed by atoms with E-state index in [1.165, 1.54) is 0 Å². The van der Waals surface area contributed by atoms with Gasteiger partial charge in [0.2, 0.25) is 5.91 Å². The summed E-state index contributed by atoms with van der Waals surface area (Å²) in [7, 11) is 0. The molecule has 0 bridgehead atoms. The molecule has 118 valence electrons. The summed E-state index contributed by atoms with van der Waals surface area (Å²) >= 11 is 1.63. The van der Waals surface area contributed by atoms with E-state index in [1.54, 1.807) is 11.3 Å². The van der Waals surface area contributed by atoms with E-state index in [9.17, 15) is 4.79 Å². The number of thiazole rings is 1. The third kappa shape index (κ3) is 4.88. The third-order valence-corrected chi connectivity index (χ3v) is 4.71. The number of carbonyl (C=O) groups is 1. The van der Waals surface area contributed by atoms with Crippen molar-refractivity contribution in [3.8, 4) is 0 Å². The van der Waals surface area contributed by atoms with Crippen molar-refractivity contribution in [2.24, 2.45) is 11.1 Å². The first kappa shape index (κ1) is 21.9. The van der Waals surface area contributed by atoms with Crippen LogP contribution in [0.2, 0.25) is 0 Å². The lowest BCUT2D eigenvalue weighted by molar-refractivity contribution is -0.131. The standard InChI is InChI=1S/C13H23N3OS.2ClH/c1-5-13(6-2,8-14)12(17)15-7-11-9(3)16-10(4)18-11;;/h5-8,14H2,1-4H3,(H,15,17);2*1H. The second kappa shape index (κ2) is 9.55. The van der Waals surface area contributed by atoms with Gasteiger partial charge in [-0.1, -0.05) is 13.8 Å². The molecule has 20 heavy (non-hydrogen) atoms. The van der Waals surface area contributed by atoms with Gasteiger partial charge in [-0.2, -0.15) is 0 Å². The van der Waals surface area contributed by atoms with Crippen molar-refractivity contribution in [2.75, 3.05) is 6.54 Å². The fourth-order valence-corrected chi connectivity index (χ4v) is 2.91. The molecule has 3 N–H and O–H groups in total. The van der Waals surface area contributed by atoms with Gasteiger partial charge in [-0.05, 0) is 26.7 Å². The number of nitrogens with zero attached hydrogens (tertiary/aromatic N) is 1. The molecule has 0 aliphatic rings. The van der Waals surface area contributed by atoms with E-state index in [0.717, 1.165) is 28.4 Å². The number of nitrogens with two attached hydrogens (primary N) is 1. The van der Waals surface area contributed by atoms with Gasteiger partial charge in [0.05, 0.1) is 22.7 Å². The molecule has 0 saturated heterocycles. The largest absolute Gasteiger partial charge is 0.351 e. The third-order valence-electron chi connectivity index (χ3n) is 3.64. The van der Waals surface area contributed by atoms with Crippen LogP contribution in [0.1, 0.15) is 42.3 Å². The Bertz CT molecular complexity index is 411. The van der Waals surface area contributed by atoms with Crippen molar-refractivity contribution in [1.82, 2.24) is 10.3 Å². The van der Waals surface area contributed by atoms with Crippen LogP contribution in [-0.2, 0) is 11.3 Å². The van der Waals surface area contributed by atoms with E-state index in [4.69, 9.17) is 5.73 Å². The van der Waals surface area contributed by atoms with Crippen molar-refractivity contribution in [2.45, 2.75) is 47.1 Å². The second-order valence-electron chi connectivity index (χ2n) is 4.62. The van der Waals surface area contributed by atoms with Crippen LogP contribution >= 0.6 is 36.2 Å². The number of carbonyl (C=O) groups excluding carboxylic acids is 1. The number of amides is 1. The highest BCUT2D eigenvalue weighted by molar-refractivity contribution is 7.11. The molecule has 7 heteroatoms. The Labute approximate surface area is 137 Å². The van der Waals surface area contributed by atoms with Gasteiger partial charge in [0.15, 0.2) is 0 Å². The first-order valence-corrected chi connectivity index (χ1v) is 7.22. The molecule has 1 aromatic rings. The minimum Gasteiger partial charge on any atom is -0.351 e. The molecule has 0 atom stereocenters. The minimum absolute atomic E-state index is 0. The molecule has 0 aromatic carbocycles. The van der Waals surface area contributed by atoms with Gasteiger partial charge in [-0.15, -0.1) is 36.2 Å². The topological polar surface area (TPSA) is 68.0 Å². The lowest BCUT2D eigenvalue weighted by Crippen LogP contribution is -2.44. The molecular formula is C13H25Cl2N3OS. The van der Waals surface area contributed by atoms with Crippen LogP contribution in [0.5, 0.6) is 0 Å². The van der Waals surface area contributed by atoms with Gasteiger partial charge in [0, 0.05) is 11.4 Å². The first-order valence-electron chi connectivity index (χ1n) is 6.40. The lowest BCUT2D eigenvalue weighted by Gasteiger charge is -2.28. The van der Waals surface area contributed by atoms with Gasteiger partial charge in [0.25, 0.3) is 0 Å². The Hall–Kier alpha value is -0.360. The fourth-order valence-electron chi connectivity index (χ4n) is 2.04. The van der Waals surface area contributed by atoms with Crippen LogP contribution in [0.15, 0.2) is 0 Å². The quantitative estimate of drug-likeness (QED) is 0.835. The van der Waals surface area contributed by atoms with Crippen molar-refractivity contribution >= 4 is 42.1 Å². The minimum atomic E-state index is -0.423. The zero-order chi connectivity index (χ0) is 13.8. The van der Waals surface area contributed by atoms with E-state index >= 15 is 0 Å². The maximum atomic E-state index is 12.2. The van der Waals surface area contributed by atoms with E-state index in [-0.39, 0.29) is 30.7 Å². The average Bonchev–Trinajstić information content (AvgIpc) is 2.68. The van der Waals surface area contributed by atoms with Crippen molar-refractivity contribution < 1.29 is 4.79 Å². The summed E-state index contributed by atoms with van der Waals surface area (Å²) in [4.78, 5) is 17.7. The molecule has 0 saturated carbocycles. The summed E-state index contributed by atoms with van der Waals surface area (Å²) in [5, 5.41) is 4.03. The highest BCUT2D eigenvalue weighted by Crippen LogP contribution is 2.25. The summed E-state index contributed by atoms with van der Waals surface area (Å²) in [6.07, 6.45) is 1.54. The second-order valence-corrected chi connectivity index (χ2v) is 5.90. The zero-order valence-electron chi connectivity index (χ0n) is 12.5. The number of nitrogens with one attached hydrogen (secondary N) is 1. The Morgan fingerprint density at radius 1 is 1.30 bits per heavy atom. The van der Waals surface area contributed by atoms with Crippen LogP contribution < -0.4 is 11.1 Å². The Kier molecular flexibility index (Phi) is 10.5. The van der Waals surface area contributed by atoms with Crippen LogP contribution in [0.25, 0.3) is 0 Å². The maximum Gasteiger partial charge on any atom is 0.227 e. The number of rotatable bonds is 6. The molecule has 0 aliphatic carbocycles. The van der Waals surface area contributed by atoms with E-state index in [0.29, 0.717) is 13.1 Å². The molecule has 1 rings (SSSR count). The van der Waals surface area contributed by atoms with E-state index < -0.39 is 5.41 Å². The SMILES string of the molecule is CCC(CC)(CN)C(=O)NCc1sc(C)nc1C.Cl.Cl. The number of hydrogen-bond acceptors (Lipinski definition) is 4. The maximum absolute atomic E-state index is 12.2. The summed E-state index contributed by atoms with van der Waals surface area (Å²) < 4.78 is 0. The highest BCUT2D eigenvalue weighted by atomic mass is 35.5. The number of aromatic nitrogens is 1. The monoisotopic (exact) mass is 341 g/mol. The first-order chi connectivity index (χ1) is 8.49. The molecule has 0 unspecified atom stereocenters. The molecule has 1 aromatic heterocycles. The molecule has 0 aliphatic heterocycles. The molecule has 0 radical (unpaired) electrons. The predicted molar refractivity (Wildman–Crippen MR) is 90.0 cm³/mol. The van der Waals surface area contributed by atoms with Crippen LogP contribution in [0, 0.1) is 19.3 Å². The number of halogens is 2. The molecular weight excluding hydrogens is 317 g/mol. The van der Waals surface area contributed by atoms with E-state index in [1.807, 2.05) is 27.7 Å². The summed E-state index contributed by atoms with van der Waals surface area (Å²) in [6, 6.07) is 0. The smallest absolute Gasteiger partial charge is 0.227 e. The Balaban J connectivity index is 0. The number of aryl methyl sites for hydroxylation is 2. The predicted octanol–water partition coefficient (Wildman–Crippen LogP) is 2.98. The molecule has 1 heterocycles. The molecule has 4 nitrogen and oxygen atoms in total. The summed E-state index contributed by atoms with van der Waals surface area (Å²) in [5.41, 5.74) is 6.34. The Morgan fingerprint density at radius 2 is 1.85 bits per heavy atom.